The van der Waals surface area contributed by atoms with Crippen molar-refractivity contribution in [1.82, 2.24) is 4.98 Å². The van der Waals surface area contributed by atoms with Crippen molar-refractivity contribution in [3.05, 3.63) is 29.3 Å². The average molecular weight is 234 g/mol. The van der Waals surface area contributed by atoms with E-state index in [1.165, 1.54) is 16.5 Å². The van der Waals surface area contributed by atoms with Crippen LogP contribution in [0.3, 0.4) is 0 Å². The van der Waals surface area contributed by atoms with Gasteiger partial charge in [-0.2, -0.15) is 5.26 Å². The molecule has 0 amide bonds. The van der Waals surface area contributed by atoms with Gasteiger partial charge in [-0.3, -0.25) is 0 Å². The molecule has 0 aliphatic rings. The van der Waals surface area contributed by atoms with Gasteiger partial charge in [-0.05, 0) is 23.9 Å². The van der Waals surface area contributed by atoms with Crippen LogP contribution < -0.4 is 0 Å². The van der Waals surface area contributed by atoms with Gasteiger partial charge >= 0.3 is 0 Å². The summed E-state index contributed by atoms with van der Waals surface area (Å²) < 4.78 is 1.22. The van der Waals surface area contributed by atoms with Crippen molar-refractivity contribution in [2.75, 3.05) is 0 Å². The fourth-order valence-corrected chi connectivity index (χ4v) is 3.01. The zero-order valence-corrected chi connectivity index (χ0v) is 9.94. The SMILES string of the molecule is CC(Cc1nc2ccccc2s1)SC#N. The van der Waals surface area contributed by atoms with Gasteiger partial charge in [0.25, 0.3) is 0 Å². The number of para-hydroxylation sites is 1. The maximum absolute atomic E-state index is 8.55. The van der Waals surface area contributed by atoms with E-state index in [9.17, 15) is 0 Å². The van der Waals surface area contributed by atoms with E-state index in [1.54, 1.807) is 11.3 Å². The first-order valence-corrected chi connectivity index (χ1v) is 6.38. The molecule has 2 nitrogen and oxygen atoms in total. The molecule has 0 aliphatic carbocycles. The second-order valence-electron chi connectivity index (χ2n) is 3.30. The quantitative estimate of drug-likeness (QED) is 0.763. The molecule has 0 saturated heterocycles. The molecule has 0 saturated carbocycles. The Morgan fingerprint density at radius 1 is 1.53 bits per heavy atom. The van der Waals surface area contributed by atoms with E-state index < -0.39 is 0 Å². The summed E-state index contributed by atoms with van der Waals surface area (Å²) in [6.07, 6.45) is 0.873. The normalized spacial score (nSPS) is 12.5. The highest BCUT2D eigenvalue weighted by atomic mass is 32.2. The van der Waals surface area contributed by atoms with Gasteiger partial charge in [0, 0.05) is 11.7 Å². The van der Waals surface area contributed by atoms with Crippen molar-refractivity contribution >= 4 is 33.3 Å². The van der Waals surface area contributed by atoms with Gasteiger partial charge in [0.15, 0.2) is 0 Å². The standard InChI is InChI=1S/C11H10N2S2/c1-8(14-7-12)6-11-13-9-4-2-3-5-10(9)15-11/h2-5,8H,6H2,1H3. The molecule has 2 rings (SSSR count). The predicted molar refractivity (Wildman–Crippen MR) is 66.0 cm³/mol. The van der Waals surface area contributed by atoms with E-state index in [-0.39, 0.29) is 0 Å². The van der Waals surface area contributed by atoms with Crippen molar-refractivity contribution in [3.63, 3.8) is 0 Å². The van der Waals surface area contributed by atoms with Crippen LogP contribution in [0.15, 0.2) is 24.3 Å². The smallest absolute Gasteiger partial charge is 0.133 e. The number of nitriles is 1. The van der Waals surface area contributed by atoms with E-state index in [1.807, 2.05) is 18.2 Å². The number of hydrogen-bond donors (Lipinski definition) is 0. The van der Waals surface area contributed by atoms with Crippen LogP contribution in [-0.4, -0.2) is 10.2 Å². The molecule has 15 heavy (non-hydrogen) atoms. The van der Waals surface area contributed by atoms with Crippen LogP contribution in [0.1, 0.15) is 11.9 Å². The molecule has 4 heteroatoms. The second kappa shape index (κ2) is 4.65. The van der Waals surface area contributed by atoms with E-state index in [4.69, 9.17) is 5.26 Å². The number of thiocyanates is 1. The summed E-state index contributed by atoms with van der Waals surface area (Å²) in [5, 5.41) is 12.1. The fraction of sp³-hybridized carbons (Fsp3) is 0.273. The highest BCUT2D eigenvalue weighted by Crippen LogP contribution is 2.24. The molecule has 76 valence electrons. The maximum Gasteiger partial charge on any atom is 0.133 e. The fourth-order valence-electron chi connectivity index (χ4n) is 1.38. The molecule has 0 spiro atoms. The lowest BCUT2D eigenvalue weighted by atomic mass is 10.3. The van der Waals surface area contributed by atoms with Crippen LogP contribution in [0, 0.1) is 10.7 Å². The lowest BCUT2D eigenvalue weighted by molar-refractivity contribution is 0.937. The minimum Gasteiger partial charge on any atom is -0.241 e. The van der Waals surface area contributed by atoms with Crippen molar-refractivity contribution < 1.29 is 0 Å². The van der Waals surface area contributed by atoms with Crippen molar-refractivity contribution in [2.45, 2.75) is 18.6 Å². The van der Waals surface area contributed by atoms with Crippen LogP contribution >= 0.6 is 23.1 Å². The molecule has 0 fully saturated rings. The lowest BCUT2D eigenvalue weighted by Crippen LogP contribution is -1.99. The van der Waals surface area contributed by atoms with Crippen LogP contribution in [0.4, 0.5) is 0 Å². The zero-order chi connectivity index (χ0) is 10.7. The van der Waals surface area contributed by atoms with E-state index >= 15 is 0 Å². The van der Waals surface area contributed by atoms with Gasteiger partial charge in [-0.25, -0.2) is 4.98 Å². The van der Waals surface area contributed by atoms with E-state index in [0.717, 1.165) is 16.9 Å². The molecule has 0 bridgehead atoms. The summed E-state index contributed by atoms with van der Waals surface area (Å²) in [6.45, 7) is 2.06. The van der Waals surface area contributed by atoms with Gasteiger partial charge in [-0.1, -0.05) is 19.1 Å². The van der Waals surface area contributed by atoms with Gasteiger partial charge in [0.1, 0.15) is 5.40 Å². The zero-order valence-electron chi connectivity index (χ0n) is 8.30. The number of aromatic nitrogens is 1. The third-order valence-electron chi connectivity index (χ3n) is 2.05. The molecule has 2 aromatic rings. The van der Waals surface area contributed by atoms with Crippen molar-refractivity contribution in [1.29, 1.82) is 5.26 Å². The summed E-state index contributed by atoms with van der Waals surface area (Å²) in [6, 6.07) is 8.13. The van der Waals surface area contributed by atoms with Crippen LogP contribution in [0.2, 0.25) is 0 Å². The van der Waals surface area contributed by atoms with E-state index in [2.05, 4.69) is 23.4 Å². The number of benzene rings is 1. The second-order valence-corrected chi connectivity index (χ2v) is 5.64. The molecule has 1 aromatic heterocycles. The number of rotatable bonds is 3. The highest BCUT2D eigenvalue weighted by Gasteiger charge is 2.08. The predicted octanol–water partition coefficient (Wildman–Crippen LogP) is 3.44. The molecular weight excluding hydrogens is 224 g/mol. The Balaban J connectivity index is 2.19. The summed E-state index contributed by atoms with van der Waals surface area (Å²) >= 11 is 3.03. The molecule has 1 unspecified atom stereocenters. The third kappa shape index (κ3) is 2.49. The van der Waals surface area contributed by atoms with Gasteiger partial charge in [-0.15, -0.1) is 11.3 Å². The number of fused-ring (bicyclic) bond motifs is 1. The highest BCUT2D eigenvalue weighted by molar-refractivity contribution is 8.04. The van der Waals surface area contributed by atoms with Gasteiger partial charge < -0.3 is 0 Å². The maximum atomic E-state index is 8.55. The minimum atomic E-state index is 0.315. The molecule has 0 N–H and O–H groups in total. The Labute approximate surface area is 96.9 Å². The Bertz CT molecular complexity index is 466. The summed E-state index contributed by atoms with van der Waals surface area (Å²) in [5.41, 5.74) is 1.06. The number of nitrogens with zero attached hydrogens (tertiary/aromatic N) is 2. The first-order chi connectivity index (χ1) is 7.29. The summed E-state index contributed by atoms with van der Waals surface area (Å²) in [7, 11) is 0. The Kier molecular flexibility index (Phi) is 3.24. The minimum absolute atomic E-state index is 0.315. The first kappa shape index (κ1) is 10.5. The average Bonchev–Trinajstić information content (AvgIpc) is 2.59. The first-order valence-electron chi connectivity index (χ1n) is 4.69. The molecule has 0 radical (unpaired) electrons. The van der Waals surface area contributed by atoms with Crippen LogP contribution in [-0.2, 0) is 6.42 Å². The third-order valence-corrected chi connectivity index (χ3v) is 3.79. The number of thiazole rings is 1. The Hall–Kier alpha value is -1.05. The summed E-state index contributed by atoms with van der Waals surface area (Å²) in [4.78, 5) is 4.53. The van der Waals surface area contributed by atoms with E-state index in [0.29, 0.717) is 5.25 Å². The Morgan fingerprint density at radius 2 is 2.33 bits per heavy atom. The number of hydrogen-bond acceptors (Lipinski definition) is 4. The number of thioether (sulfide) groups is 1. The molecular formula is C11H10N2S2. The van der Waals surface area contributed by atoms with Crippen LogP contribution in [0.25, 0.3) is 10.2 Å². The molecule has 1 heterocycles. The monoisotopic (exact) mass is 234 g/mol. The van der Waals surface area contributed by atoms with Gasteiger partial charge in [0.2, 0.25) is 0 Å². The summed E-state index contributed by atoms with van der Waals surface area (Å²) in [5.74, 6) is 0. The molecule has 1 aromatic carbocycles. The van der Waals surface area contributed by atoms with Crippen molar-refractivity contribution in [3.8, 4) is 5.40 Å². The lowest BCUT2D eigenvalue weighted by Gasteiger charge is -2.00. The topological polar surface area (TPSA) is 36.7 Å². The van der Waals surface area contributed by atoms with Crippen LogP contribution in [0.5, 0.6) is 0 Å². The van der Waals surface area contributed by atoms with Gasteiger partial charge in [0.05, 0.1) is 15.2 Å². The Morgan fingerprint density at radius 3 is 3.07 bits per heavy atom. The molecule has 0 aliphatic heterocycles. The van der Waals surface area contributed by atoms with Crippen molar-refractivity contribution in [2.24, 2.45) is 0 Å². The largest absolute Gasteiger partial charge is 0.241 e. The molecule has 1 atom stereocenters.